The Balaban J connectivity index is 2.69. The molecule has 0 spiro atoms. The summed E-state index contributed by atoms with van der Waals surface area (Å²) in [6.45, 7) is 7.39. The van der Waals surface area contributed by atoms with Crippen molar-refractivity contribution in [3.05, 3.63) is 23.8 Å². The Bertz CT molecular complexity index is 403. The fourth-order valence-electron chi connectivity index (χ4n) is 1.73. The molecule has 1 aromatic carbocycles. The van der Waals surface area contributed by atoms with Crippen LogP contribution in [0, 0.1) is 0 Å². The van der Waals surface area contributed by atoms with E-state index in [0.717, 1.165) is 19.6 Å². The molecule has 4 N–H and O–H groups in total. The Morgan fingerprint density at radius 3 is 2.56 bits per heavy atom. The molecule has 1 amide bonds. The van der Waals surface area contributed by atoms with Gasteiger partial charge in [-0.1, -0.05) is 19.9 Å². The van der Waals surface area contributed by atoms with Gasteiger partial charge < -0.3 is 21.1 Å². The second kappa shape index (κ2) is 6.86. The zero-order valence-electron chi connectivity index (χ0n) is 11.0. The van der Waals surface area contributed by atoms with Gasteiger partial charge in [0.15, 0.2) is 5.75 Å². The Morgan fingerprint density at radius 1 is 1.33 bits per heavy atom. The Kier molecular flexibility index (Phi) is 5.45. The Labute approximate surface area is 108 Å². The summed E-state index contributed by atoms with van der Waals surface area (Å²) in [5.74, 6) is -0.141. The largest absolute Gasteiger partial charge is 0.489 e. The minimum atomic E-state index is -0.528. The number of carbonyl (C=O) groups is 1. The van der Waals surface area contributed by atoms with E-state index in [-0.39, 0.29) is 0 Å². The number of para-hydroxylation sites is 1. The van der Waals surface area contributed by atoms with Gasteiger partial charge in [0.1, 0.15) is 6.61 Å². The molecule has 0 saturated carbocycles. The van der Waals surface area contributed by atoms with E-state index in [1.807, 2.05) is 0 Å². The van der Waals surface area contributed by atoms with Crippen molar-refractivity contribution in [2.24, 2.45) is 5.73 Å². The molecule has 0 aliphatic heterocycles. The van der Waals surface area contributed by atoms with Gasteiger partial charge in [-0.25, -0.2) is 0 Å². The predicted molar refractivity (Wildman–Crippen MR) is 72.7 cm³/mol. The number of likely N-dealkylation sites (N-methyl/N-ethyl adjacent to an activating group) is 1. The van der Waals surface area contributed by atoms with Crippen molar-refractivity contribution in [3.63, 3.8) is 0 Å². The summed E-state index contributed by atoms with van der Waals surface area (Å²) in [4.78, 5) is 13.5. The minimum Gasteiger partial charge on any atom is -0.489 e. The number of rotatable bonds is 7. The van der Waals surface area contributed by atoms with Crippen LogP contribution in [0.2, 0.25) is 0 Å². The number of carbonyl (C=O) groups excluding carboxylic acids is 1. The van der Waals surface area contributed by atoms with Gasteiger partial charge in [-0.15, -0.1) is 0 Å². The van der Waals surface area contributed by atoms with Gasteiger partial charge in [0, 0.05) is 6.54 Å². The number of nitrogens with two attached hydrogens (primary N) is 2. The highest BCUT2D eigenvalue weighted by Gasteiger charge is 2.12. The molecule has 0 fully saturated rings. The van der Waals surface area contributed by atoms with E-state index in [2.05, 4.69) is 18.7 Å². The van der Waals surface area contributed by atoms with Crippen molar-refractivity contribution in [3.8, 4) is 5.75 Å². The van der Waals surface area contributed by atoms with E-state index in [1.54, 1.807) is 18.2 Å². The van der Waals surface area contributed by atoms with Crippen LogP contribution in [0.3, 0.4) is 0 Å². The molecule has 0 radical (unpaired) electrons. The van der Waals surface area contributed by atoms with Crippen LogP contribution in [0.25, 0.3) is 0 Å². The van der Waals surface area contributed by atoms with E-state index < -0.39 is 5.91 Å². The van der Waals surface area contributed by atoms with Crippen molar-refractivity contribution in [2.45, 2.75) is 13.8 Å². The first-order valence-electron chi connectivity index (χ1n) is 6.13. The summed E-state index contributed by atoms with van der Waals surface area (Å²) in [5.41, 5.74) is 11.8. The molecule has 5 heteroatoms. The molecule has 1 rings (SSSR count). The Hall–Kier alpha value is -1.75. The highest BCUT2D eigenvalue weighted by molar-refractivity contribution is 5.97. The lowest BCUT2D eigenvalue weighted by molar-refractivity contribution is 0.0995. The second-order valence-corrected chi connectivity index (χ2v) is 3.96. The average Bonchev–Trinajstić information content (AvgIpc) is 2.36. The highest BCUT2D eigenvalue weighted by atomic mass is 16.5. The molecule has 0 aliphatic rings. The normalized spacial score (nSPS) is 10.6. The van der Waals surface area contributed by atoms with Crippen LogP contribution in [0.1, 0.15) is 24.2 Å². The number of nitrogen functional groups attached to an aromatic ring is 1. The van der Waals surface area contributed by atoms with Gasteiger partial charge in [0.05, 0.1) is 11.3 Å². The molecule has 0 aromatic heterocycles. The topological polar surface area (TPSA) is 81.6 Å². The second-order valence-electron chi connectivity index (χ2n) is 3.96. The summed E-state index contributed by atoms with van der Waals surface area (Å²) in [5, 5.41) is 0. The van der Waals surface area contributed by atoms with Crippen molar-refractivity contribution in [1.82, 2.24) is 4.90 Å². The van der Waals surface area contributed by atoms with E-state index in [9.17, 15) is 4.79 Å². The third-order valence-corrected chi connectivity index (χ3v) is 2.86. The number of hydrogen-bond acceptors (Lipinski definition) is 4. The molecule has 1 aromatic rings. The lowest BCUT2D eigenvalue weighted by atomic mass is 10.1. The minimum absolute atomic E-state index is 0.328. The van der Waals surface area contributed by atoms with Crippen LogP contribution < -0.4 is 16.2 Å². The number of benzene rings is 1. The van der Waals surface area contributed by atoms with Crippen molar-refractivity contribution in [2.75, 3.05) is 32.0 Å². The summed E-state index contributed by atoms with van der Waals surface area (Å²) < 4.78 is 5.60. The van der Waals surface area contributed by atoms with E-state index >= 15 is 0 Å². The number of primary amides is 1. The SMILES string of the molecule is CCN(CC)CCOc1c(N)cccc1C(N)=O. The first-order chi connectivity index (χ1) is 8.60. The third kappa shape index (κ3) is 3.63. The average molecular weight is 251 g/mol. The zero-order valence-corrected chi connectivity index (χ0v) is 11.0. The molecule has 5 nitrogen and oxygen atoms in total. The highest BCUT2D eigenvalue weighted by Crippen LogP contribution is 2.25. The molecule has 0 saturated heterocycles. The molecule has 0 atom stereocenters. The van der Waals surface area contributed by atoms with Crippen LogP contribution in [0.5, 0.6) is 5.75 Å². The maximum atomic E-state index is 11.3. The summed E-state index contributed by atoms with van der Waals surface area (Å²) in [6, 6.07) is 5.00. The van der Waals surface area contributed by atoms with Gasteiger partial charge in [-0.2, -0.15) is 0 Å². The van der Waals surface area contributed by atoms with Gasteiger partial charge in [0.2, 0.25) is 0 Å². The van der Waals surface area contributed by atoms with Crippen LogP contribution in [0.4, 0.5) is 5.69 Å². The lowest BCUT2D eigenvalue weighted by Crippen LogP contribution is -2.28. The fraction of sp³-hybridized carbons (Fsp3) is 0.462. The standard InChI is InChI=1S/C13H21N3O2/c1-3-16(4-2)8-9-18-12-10(13(15)17)6-5-7-11(12)14/h5-7H,3-4,8-9,14H2,1-2H3,(H2,15,17). The molecular formula is C13H21N3O2. The number of nitrogens with zero attached hydrogens (tertiary/aromatic N) is 1. The lowest BCUT2D eigenvalue weighted by Gasteiger charge is -2.19. The number of amides is 1. The smallest absolute Gasteiger partial charge is 0.252 e. The van der Waals surface area contributed by atoms with E-state index in [0.29, 0.717) is 23.6 Å². The van der Waals surface area contributed by atoms with Gasteiger partial charge >= 0.3 is 0 Å². The maximum Gasteiger partial charge on any atom is 0.252 e. The molecule has 0 bridgehead atoms. The van der Waals surface area contributed by atoms with E-state index in [4.69, 9.17) is 16.2 Å². The van der Waals surface area contributed by atoms with Crippen LogP contribution in [-0.2, 0) is 0 Å². The van der Waals surface area contributed by atoms with Gasteiger partial charge in [-0.05, 0) is 25.2 Å². The quantitative estimate of drug-likeness (QED) is 0.711. The summed E-state index contributed by atoms with van der Waals surface area (Å²) >= 11 is 0. The van der Waals surface area contributed by atoms with Crippen LogP contribution in [-0.4, -0.2) is 37.0 Å². The molecule has 100 valence electrons. The van der Waals surface area contributed by atoms with Crippen LogP contribution in [0.15, 0.2) is 18.2 Å². The molecule has 0 heterocycles. The number of hydrogen-bond donors (Lipinski definition) is 2. The third-order valence-electron chi connectivity index (χ3n) is 2.86. The molecule has 0 aliphatic carbocycles. The van der Waals surface area contributed by atoms with Gasteiger partial charge in [0.25, 0.3) is 5.91 Å². The molecule has 0 unspecified atom stereocenters. The van der Waals surface area contributed by atoms with Crippen LogP contribution >= 0.6 is 0 Å². The first kappa shape index (κ1) is 14.3. The monoisotopic (exact) mass is 251 g/mol. The summed E-state index contributed by atoms with van der Waals surface area (Å²) in [6.07, 6.45) is 0. The predicted octanol–water partition coefficient (Wildman–Crippen LogP) is 1.09. The molecular weight excluding hydrogens is 230 g/mol. The van der Waals surface area contributed by atoms with Gasteiger partial charge in [-0.3, -0.25) is 4.79 Å². The number of anilines is 1. The Morgan fingerprint density at radius 2 is 2.00 bits per heavy atom. The first-order valence-corrected chi connectivity index (χ1v) is 6.13. The maximum absolute atomic E-state index is 11.3. The summed E-state index contributed by atoms with van der Waals surface area (Å²) in [7, 11) is 0. The van der Waals surface area contributed by atoms with E-state index in [1.165, 1.54) is 0 Å². The van der Waals surface area contributed by atoms with Crippen molar-refractivity contribution >= 4 is 11.6 Å². The zero-order chi connectivity index (χ0) is 13.5. The van der Waals surface area contributed by atoms with Crippen molar-refractivity contribution in [1.29, 1.82) is 0 Å². The van der Waals surface area contributed by atoms with Crippen molar-refractivity contribution < 1.29 is 9.53 Å². The fourth-order valence-corrected chi connectivity index (χ4v) is 1.73. The number of ether oxygens (including phenoxy) is 1. The molecule has 18 heavy (non-hydrogen) atoms.